The number of nitriles is 1. The lowest BCUT2D eigenvalue weighted by Gasteiger charge is -2.15. The topological polar surface area (TPSA) is 106 Å². The maximum atomic E-state index is 9.75. The number of aromatic nitrogens is 7. The van der Waals surface area contributed by atoms with Gasteiger partial charge in [-0.1, -0.05) is 42.5 Å². The lowest BCUT2D eigenvalue weighted by atomic mass is 9.98. The maximum Gasteiger partial charge on any atom is 0.165 e. The van der Waals surface area contributed by atoms with E-state index in [9.17, 15) is 5.26 Å². The van der Waals surface area contributed by atoms with Gasteiger partial charge in [0.05, 0.1) is 28.4 Å². The van der Waals surface area contributed by atoms with Gasteiger partial charge in [0, 0.05) is 21.9 Å². The Morgan fingerprint density at radius 1 is 0.535 bits per heavy atom. The highest BCUT2D eigenvalue weighted by atomic mass is 15.0. The van der Waals surface area contributed by atoms with Gasteiger partial charge >= 0.3 is 0 Å². The Labute approximate surface area is 248 Å². The van der Waals surface area contributed by atoms with Gasteiger partial charge in [0.2, 0.25) is 0 Å². The Morgan fingerprint density at radius 3 is 1.86 bits per heavy atom. The molecule has 0 unspecified atom stereocenters. The number of fused-ring (bicyclic) bond motifs is 3. The van der Waals surface area contributed by atoms with Crippen molar-refractivity contribution in [1.82, 2.24) is 34.5 Å². The maximum absolute atomic E-state index is 9.75. The van der Waals surface area contributed by atoms with Crippen molar-refractivity contribution in [3.63, 3.8) is 0 Å². The van der Waals surface area contributed by atoms with Crippen molar-refractivity contribution in [2.75, 3.05) is 0 Å². The van der Waals surface area contributed by atoms with Gasteiger partial charge in [-0.05, 0) is 81.3 Å². The normalized spacial score (nSPS) is 11.2. The van der Waals surface area contributed by atoms with Crippen molar-refractivity contribution < 1.29 is 0 Å². The molecule has 3 aromatic heterocycles. The van der Waals surface area contributed by atoms with Gasteiger partial charge in [-0.3, -0.25) is 0 Å². The molecule has 4 aromatic carbocycles. The summed E-state index contributed by atoms with van der Waals surface area (Å²) >= 11 is 0. The zero-order valence-corrected chi connectivity index (χ0v) is 24.2. The van der Waals surface area contributed by atoms with E-state index >= 15 is 0 Å². The Kier molecular flexibility index (Phi) is 6.21. The molecule has 7 rings (SSSR count). The van der Waals surface area contributed by atoms with Gasteiger partial charge in [0.1, 0.15) is 23.3 Å². The third-order valence-electron chi connectivity index (χ3n) is 7.49. The molecule has 0 amide bonds. The van der Waals surface area contributed by atoms with Gasteiger partial charge in [0.15, 0.2) is 11.6 Å². The lowest BCUT2D eigenvalue weighted by Crippen LogP contribution is -2.04. The summed E-state index contributed by atoms with van der Waals surface area (Å²) in [6.07, 6.45) is 0. The highest BCUT2D eigenvalue weighted by Gasteiger charge is 2.20. The summed E-state index contributed by atoms with van der Waals surface area (Å²) in [6.45, 7) is 7.49. The number of para-hydroxylation sites is 1. The molecule has 0 spiro atoms. The molecule has 8 heteroatoms. The number of hydrogen-bond acceptors (Lipinski definition) is 7. The van der Waals surface area contributed by atoms with Crippen molar-refractivity contribution in [2.45, 2.75) is 27.7 Å². The van der Waals surface area contributed by atoms with E-state index in [1.165, 1.54) is 0 Å². The molecule has 0 N–H and O–H groups in total. The highest BCUT2D eigenvalue weighted by molar-refractivity contribution is 6.11. The summed E-state index contributed by atoms with van der Waals surface area (Å²) in [6, 6.07) is 30.9. The molecule has 0 atom stereocenters. The average Bonchev–Trinajstić information content (AvgIpc) is 3.33. The molecule has 43 heavy (non-hydrogen) atoms. The van der Waals surface area contributed by atoms with Crippen LogP contribution in [0.15, 0.2) is 84.9 Å². The first kappa shape index (κ1) is 26.1. The molecular weight excluding hydrogens is 532 g/mol. The standard InChI is InChI=1S/C35H26N8/c1-20-37-21(2)40-34(39-20)25-14-16-33(30(18-25)35-41-22(3)38-23(4)42-35)43-31-12-8-7-11-28(31)29-17-24(13-15-32(29)43)27-10-6-5-9-26(27)19-36/h5-18H,1-4H3. The Morgan fingerprint density at radius 2 is 1.14 bits per heavy atom. The number of aryl methyl sites for hydroxylation is 4. The van der Waals surface area contributed by atoms with E-state index in [1.54, 1.807) is 0 Å². The smallest absolute Gasteiger partial charge is 0.165 e. The third kappa shape index (κ3) is 4.57. The van der Waals surface area contributed by atoms with E-state index in [0.29, 0.717) is 40.5 Å². The van der Waals surface area contributed by atoms with E-state index in [-0.39, 0.29) is 0 Å². The van der Waals surface area contributed by atoms with Crippen molar-refractivity contribution in [1.29, 1.82) is 5.26 Å². The summed E-state index contributed by atoms with van der Waals surface area (Å²) in [5.41, 5.74) is 7.23. The van der Waals surface area contributed by atoms with Crippen molar-refractivity contribution in [2.24, 2.45) is 0 Å². The second-order valence-corrected chi connectivity index (χ2v) is 10.5. The van der Waals surface area contributed by atoms with Gasteiger partial charge in [-0.2, -0.15) is 5.26 Å². The molecule has 0 aliphatic rings. The van der Waals surface area contributed by atoms with Crippen molar-refractivity contribution >= 4 is 21.8 Å². The molecule has 0 aliphatic heterocycles. The first-order chi connectivity index (χ1) is 20.9. The minimum absolute atomic E-state index is 0.579. The first-order valence-corrected chi connectivity index (χ1v) is 14.0. The van der Waals surface area contributed by atoms with Crippen LogP contribution in [0.25, 0.3) is 61.4 Å². The van der Waals surface area contributed by atoms with E-state index in [1.807, 2.05) is 64.1 Å². The monoisotopic (exact) mass is 558 g/mol. The summed E-state index contributed by atoms with van der Waals surface area (Å²) in [4.78, 5) is 27.5. The lowest BCUT2D eigenvalue weighted by molar-refractivity contribution is 0.924. The predicted octanol–water partition coefficient (Wildman–Crippen LogP) is 7.26. The van der Waals surface area contributed by atoms with Crippen LogP contribution in [0.4, 0.5) is 0 Å². The van der Waals surface area contributed by atoms with Crippen LogP contribution in [-0.4, -0.2) is 34.5 Å². The molecule has 8 nitrogen and oxygen atoms in total. The van der Waals surface area contributed by atoms with Crippen LogP contribution in [0.5, 0.6) is 0 Å². The Balaban J connectivity index is 1.53. The molecule has 0 bridgehead atoms. The van der Waals surface area contributed by atoms with Crippen molar-refractivity contribution in [3.05, 3.63) is 114 Å². The van der Waals surface area contributed by atoms with E-state index < -0.39 is 0 Å². The fourth-order valence-corrected chi connectivity index (χ4v) is 5.76. The molecule has 7 aromatic rings. The molecule has 206 valence electrons. The van der Waals surface area contributed by atoms with E-state index in [0.717, 1.165) is 49.7 Å². The predicted molar refractivity (Wildman–Crippen MR) is 168 cm³/mol. The van der Waals surface area contributed by atoms with Crippen molar-refractivity contribution in [3.8, 4) is 45.7 Å². The second-order valence-electron chi connectivity index (χ2n) is 10.5. The molecule has 0 radical (unpaired) electrons. The SMILES string of the molecule is Cc1nc(C)nc(-c2ccc(-n3c4ccccc4c4cc(-c5ccccc5C#N)ccc43)c(-c3nc(C)nc(C)n3)c2)n1. The average molecular weight is 559 g/mol. The molecule has 3 heterocycles. The number of nitrogens with zero attached hydrogens (tertiary/aromatic N) is 8. The zero-order chi connectivity index (χ0) is 29.7. The minimum Gasteiger partial charge on any atom is -0.309 e. The molecule has 0 fully saturated rings. The molecule has 0 saturated carbocycles. The summed E-state index contributed by atoms with van der Waals surface area (Å²) in [5.74, 6) is 3.80. The van der Waals surface area contributed by atoms with Crippen LogP contribution in [0.3, 0.4) is 0 Å². The minimum atomic E-state index is 0.579. The van der Waals surface area contributed by atoms with Gasteiger partial charge < -0.3 is 4.57 Å². The zero-order valence-electron chi connectivity index (χ0n) is 24.2. The number of hydrogen-bond donors (Lipinski definition) is 0. The molecule has 0 aliphatic carbocycles. The summed E-state index contributed by atoms with van der Waals surface area (Å²) in [7, 11) is 0. The van der Waals surface area contributed by atoms with Crippen LogP contribution >= 0.6 is 0 Å². The van der Waals surface area contributed by atoms with Gasteiger partial charge in [0.25, 0.3) is 0 Å². The van der Waals surface area contributed by atoms with Crippen LogP contribution in [-0.2, 0) is 0 Å². The Bertz CT molecular complexity index is 2220. The second kappa shape index (κ2) is 10.2. The third-order valence-corrected chi connectivity index (χ3v) is 7.49. The summed E-state index contributed by atoms with van der Waals surface area (Å²) in [5, 5.41) is 11.9. The fourth-order valence-electron chi connectivity index (χ4n) is 5.76. The highest BCUT2D eigenvalue weighted by Crippen LogP contribution is 2.38. The quantitative estimate of drug-likeness (QED) is 0.224. The van der Waals surface area contributed by atoms with Gasteiger partial charge in [-0.15, -0.1) is 0 Å². The Hall–Kier alpha value is -5.81. The van der Waals surface area contributed by atoms with E-state index in [2.05, 4.69) is 79.1 Å². The van der Waals surface area contributed by atoms with Crippen LogP contribution in [0.2, 0.25) is 0 Å². The first-order valence-electron chi connectivity index (χ1n) is 14.0. The molecule has 0 saturated heterocycles. The van der Waals surface area contributed by atoms with Crippen LogP contribution in [0, 0.1) is 39.0 Å². The van der Waals surface area contributed by atoms with Crippen LogP contribution < -0.4 is 0 Å². The van der Waals surface area contributed by atoms with Gasteiger partial charge in [-0.25, -0.2) is 29.9 Å². The van der Waals surface area contributed by atoms with Crippen LogP contribution in [0.1, 0.15) is 28.9 Å². The number of rotatable bonds is 4. The summed E-state index contributed by atoms with van der Waals surface area (Å²) < 4.78 is 2.25. The van der Waals surface area contributed by atoms with E-state index in [4.69, 9.17) is 9.97 Å². The molecular formula is C35H26N8. The largest absolute Gasteiger partial charge is 0.309 e. The fraction of sp³-hybridized carbons (Fsp3) is 0.114. The number of benzene rings is 4.